The van der Waals surface area contributed by atoms with Gasteiger partial charge in [-0.2, -0.15) is 20.1 Å². The molecule has 2 aromatic heterocycles. The first-order chi connectivity index (χ1) is 8.28. The van der Waals surface area contributed by atoms with Gasteiger partial charge < -0.3 is 15.8 Å². The van der Waals surface area contributed by atoms with Crippen molar-refractivity contribution in [2.45, 2.75) is 6.54 Å². The molecule has 2 rings (SSSR count). The van der Waals surface area contributed by atoms with Crippen LogP contribution in [0.15, 0.2) is 18.5 Å². The van der Waals surface area contributed by atoms with Gasteiger partial charge in [0.2, 0.25) is 11.9 Å². The molecular formula is C9H13N7O. The average Bonchev–Trinajstić information content (AvgIpc) is 2.81. The van der Waals surface area contributed by atoms with E-state index in [4.69, 9.17) is 10.5 Å². The molecule has 17 heavy (non-hydrogen) atoms. The van der Waals surface area contributed by atoms with Crippen LogP contribution in [0.2, 0.25) is 0 Å². The molecule has 0 aliphatic heterocycles. The second kappa shape index (κ2) is 5.10. The molecule has 0 saturated heterocycles. The number of nitrogens with zero attached hydrogens (tertiary/aromatic N) is 5. The second-order valence-electron chi connectivity index (χ2n) is 3.20. The minimum Gasteiger partial charge on any atom is -0.467 e. The zero-order valence-electron chi connectivity index (χ0n) is 9.37. The number of methoxy groups -OCH3 is 1. The van der Waals surface area contributed by atoms with E-state index in [9.17, 15) is 0 Å². The predicted molar refractivity (Wildman–Crippen MR) is 61.5 cm³/mol. The molecular weight excluding hydrogens is 222 g/mol. The van der Waals surface area contributed by atoms with E-state index in [0.29, 0.717) is 19.0 Å². The lowest BCUT2D eigenvalue weighted by molar-refractivity contribution is 0.379. The van der Waals surface area contributed by atoms with Gasteiger partial charge >= 0.3 is 6.01 Å². The van der Waals surface area contributed by atoms with Crippen molar-refractivity contribution in [2.24, 2.45) is 0 Å². The Labute approximate surface area is 97.9 Å². The fourth-order valence-electron chi connectivity index (χ4n) is 1.26. The van der Waals surface area contributed by atoms with Crippen LogP contribution in [-0.2, 0) is 6.54 Å². The fraction of sp³-hybridized carbons (Fsp3) is 0.333. The van der Waals surface area contributed by atoms with Gasteiger partial charge in [-0.1, -0.05) is 0 Å². The number of nitrogen functional groups attached to an aromatic ring is 1. The van der Waals surface area contributed by atoms with Crippen LogP contribution in [0.5, 0.6) is 6.01 Å². The van der Waals surface area contributed by atoms with Gasteiger partial charge in [0.1, 0.15) is 0 Å². The van der Waals surface area contributed by atoms with Gasteiger partial charge in [-0.05, 0) is 6.07 Å². The number of anilines is 2. The maximum atomic E-state index is 5.50. The summed E-state index contributed by atoms with van der Waals surface area (Å²) in [6.07, 6.45) is 3.61. The maximum absolute atomic E-state index is 5.50. The Kier molecular flexibility index (Phi) is 3.34. The lowest BCUT2D eigenvalue weighted by Gasteiger charge is -2.06. The zero-order chi connectivity index (χ0) is 12.1. The van der Waals surface area contributed by atoms with Gasteiger partial charge in [0.05, 0.1) is 13.7 Å². The van der Waals surface area contributed by atoms with E-state index in [0.717, 1.165) is 0 Å². The van der Waals surface area contributed by atoms with E-state index < -0.39 is 0 Å². The van der Waals surface area contributed by atoms with E-state index in [-0.39, 0.29) is 12.0 Å². The van der Waals surface area contributed by atoms with Crippen LogP contribution in [0.25, 0.3) is 0 Å². The smallest absolute Gasteiger partial charge is 0.322 e. The van der Waals surface area contributed by atoms with Crippen molar-refractivity contribution < 1.29 is 4.74 Å². The van der Waals surface area contributed by atoms with Gasteiger partial charge in [0.25, 0.3) is 0 Å². The van der Waals surface area contributed by atoms with Crippen molar-refractivity contribution in [3.8, 4) is 6.01 Å². The van der Waals surface area contributed by atoms with Crippen molar-refractivity contribution in [3.05, 3.63) is 18.5 Å². The molecule has 0 saturated carbocycles. The molecule has 0 unspecified atom stereocenters. The molecule has 3 N–H and O–H groups in total. The number of rotatable bonds is 5. The summed E-state index contributed by atoms with van der Waals surface area (Å²) in [5.41, 5.74) is 5.50. The van der Waals surface area contributed by atoms with E-state index in [1.807, 2.05) is 12.3 Å². The van der Waals surface area contributed by atoms with E-state index in [1.165, 1.54) is 7.11 Å². The highest BCUT2D eigenvalue weighted by Crippen LogP contribution is 2.07. The van der Waals surface area contributed by atoms with Crippen LogP contribution in [0.3, 0.4) is 0 Å². The summed E-state index contributed by atoms with van der Waals surface area (Å²) in [5.74, 6) is 0.514. The molecule has 0 aliphatic carbocycles. The largest absolute Gasteiger partial charge is 0.467 e. The summed E-state index contributed by atoms with van der Waals surface area (Å²) in [4.78, 5) is 11.7. The quantitative estimate of drug-likeness (QED) is 0.737. The standard InChI is InChI=1S/C9H13N7O/c1-17-9-14-7(10)13-8(15-9)11-4-6-16-5-2-3-12-16/h2-3,5H,4,6H2,1H3,(H3,10,11,13,14,15). The number of hydrogen-bond acceptors (Lipinski definition) is 7. The van der Waals surface area contributed by atoms with Crippen LogP contribution < -0.4 is 15.8 Å². The Morgan fingerprint density at radius 2 is 2.29 bits per heavy atom. The van der Waals surface area contributed by atoms with E-state index >= 15 is 0 Å². The molecule has 0 aromatic carbocycles. The summed E-state index contributed by atoms with van der Waals surface area (Å²) < 4.78 is 6.69. The molecule has 0 spiro atoms. The van der Waals surface area contributed by atoms with Gasteiger partial charge in [-0.25, -0.2) is 0 Å². The zero-order valence-corrected chi connectivity index (χ0v) is 9.37. The molecule has 0 fully saturated rings. The van der Waals surface area contributed by atoms with Gasteiger partial charge in [0.15, 0.2) is 0 Å². The molecule has 2 aromatic rings. The summed E-state index contributed by atoms with van der Waals surface area (Å²) in [5, 5.41) is 7.09. The third kappa shape index (κ3) is 3.03. The number of aromatic nitrogens is 5. The minimum absolute atomic E-state index is 0.124. The Balaban J connectivity index is 1.92. The SMILES string of the molecule is COc1nc(N)nc(NCCn2cccn2)n1. The summed E-state index contributed by atoms with van der Waals surface area (Å²) >= 11 is 0. The summed E-state index contributed by atoms with van der Waals surface area (Å²) in [7, 11) is 1.47. The summed E-state index contributed by atoms with van der Waals surface area (Å²) in [6.45, 7) is 1.34. The van der Waals surface area contributed by atoms with Gasteiger partial charge in [-0.3, -0.25) is 4.68 Å². The fourth-order valence-corrected chi connectivity index (χ4v) is 1.26. The van der Waals surface area contributed by atoms with Crippen LogP contribution in [0.1, 0.15) is 0 Å². The van der Waals surface area contributed by atoms with Crippen molar-refractivity contribution in [3.63, 3.8) is 0 Å². The lowest BCUT2D eigenvalue weighted by atomic mass is 10.6. The number of nitrogens with one attached hydrogen (secondary N) is 1. The predicted octanol–water partition coefficient (Wildman–Crippen LogP) is -0.229. The first-order valence-electron chi connectivity index (χ1n) is 5.05. The Morgan fingerprint density at radius 1 is 1.41 bits per heavy atom. The molecule has 2 heterocycles. The third-order valence-electron chi connectivity index (χ3n) is 2.00. The molecule has 0 aliphatic rings. The molecule has 0 atom stereocenters. The highest BCUT2D eigenvalue weighted by molar-refractivity contribution is 5.32. The molecule has 0 bridgehead atoms. The summed E-state index contributed by atoms with van der Waals surface area (Å²) in [6, 6.07) is 2.06. The first kappa shape index (κ1) is 11.1. The maximum Gasteiger partial charge on any atom is 0.322 e. The number of nitrogens with two attached hydrogens (primary N) is 1. The van der Waals surface area contributed by atoms with Crippen molar-refractivity contribution >= 4 is 11.9 Å². The average molecular weight is 235 g/mol. The molecule has 8 heteroatoms. The Morgan fingerprint density at radius 3 is 3.00 bits per heavy atom. The van der Waals surface area contributed by atoms with Crippen LogP contribution in [-0.4, -0.2) is 38.4 Å². The third-order valence-corrected chi connectivity index (χ3v) is 2.00. The second-order valence-corrected chi connectivity index (χ2v) is 3.20. The Hall–Kier alpha value is -2.38. The van der Waals surface area contributed by atoms with E-state index in [2.05, 4.69) is 25.4 Å². The highest BCUT2D eigenvalue weighted by atomic mass is 16.5. The monoisotopic (exact) mass is 235 g/mol. The number of ether oxygens (including phenoxy) is 1. The van der Waals surface area contributed by atoms with Crippen molar-refractivity contribution in [1.82, 2.24) is 24.7 Å². The van der Waals surface area contributed by atoms with Gasteiger partial charge in [0, 0.05) is 18.9 Å². The molecule has 0 amide bonds. The van der Waals surface area contributed by atoms with Crippen LogP contribution in [0.4, 0.5) is 11.9 Å². The molecule has 0 radical (unpaired) electrons. The molecule has 90 valence electrons. The van der Waals surface area contributed by atoms with E-state index in [1.54, 1.807) is 10.9 Å². The van der Waals surface area contributed by atoms with Crippen molar-refractivity contribution in [1.29, 1.82) is 0 Å². The van der Waals surface area contributed by atoms with Gasteiger partial charge in [-0.15, -0.1) is 0 Å². The van der Waals surface area contributed by atoms with Crippen LogP contribution >= 0.6 is 0 Å². The number of hydrogen-bond donors (Lipinski definition) is 2. The normalized spacial score (nSPS) is 10.2. The van der Waals surface area contributed by atoms with Crippen molar-refractivity contribution in [2.75, 3.05) is 24.7 Å². The topological polar surface area (TPSA) is 104 Å². The highest BCUT2D eigenvalue weighted by Gasteiger charge is 2.03. The lowest BCUT2D eigenvalue weighted by Crippen LogP contribution is -2.14. The first-order valence-corrected chi connectivity index (χ1v) is 5.05. The van der Waals surface area contributed by atoms with Crippen LogP contribution in [0, 0.1) is 0 Å². The minimum atomic E-state index is 0.124. The molecule has 8 nitrogen and oxygen atoms in total. The Bertz CT molecular complexity index is 470.